The Bertz CT molecular complexity index is 3680. The average Bonchev–Trinajstić information content (AvgIpc) is 0.886. The van der Waals surface area contributed by atoms with Gasteiger partial charge in [0.05, 0.1) is 13.2 Å². The topological polar surface area (TPSA) is 387 Å². The van der Waals surface area contributed by atoms with Gasteiger partial charge in [-0.2, -0.15) is 9.61 Å². The Morgan fingerprint density at radius 2 is 1.39 bits per heavy atom. The van der Waals surface area contributed by atoms with Gasteiger partial charge in [0, 0.05) is 30.4 Å². The summed E-state index contributed by atoms with van der Waals surface area (Å²) in [7, 11) is -5.04. The number of unbranched alkanes of at least 4 members (excludes halogenated alkanes) is 1. The number of aromatic nitrogens is 2. The van der Waals surface area contributed by atoms with Crippen molar-refractivity contribution in [1.82, 2.24) is 36.3 Å². The number of phosphoric ester groups is 1. The third-order valence-corrected chi connectivity index (χ3v) is 16.1. The van der Waals surface area contributed by atoms with Gasteiger partial charge in [-0.25, -0.2) is 24.4 Å². The van der Waals surface area contributed by atoms with E-state index in [9.17, 15) is 48.4 Å². The highest BCUT2D eigenvalue weighted by Crippen LogP contribution is 2.46. The number of benzene rings is 5. The molecule has 7 rings (SSSR count). The highest BCUT2D eigenvalue weighted by Gasteiger charge is 2.45. The van der Waals surface area contributed by atoms with E-state index < -0.39 is 117 Å². The lowest BCUT2D eigenvalue weighted by Gasteiger charge is -2.27. The van der Waals surface area contributed by atoms with Crippen LogP contribution in [0.1, 0.15) is 105 Å². The van der Waals surface area contributed by atoms with Crippen LogP contribution in [0.25, 0.3) is 32.7 Å². The van der Waals surface area contributed by atoms with Crippen LogP contribution in [-0.2, 0) is 53.7 Å². The van der Waals surface area contributed by atoms with E-state index in [1.54, 1.807) is 58.0 Å². The quantitative estimate of drug-likeness (QED) is 0.00518. The first-order chi connectivity index (χ1) is 44.8. The average molecular weight is 1320 g/mol. The molecule has 9 atom stereocenters. The number of nitrogen functional groups attached to an aromatic ring is 1. The number of nitrogens with two attached hydrogens (primary N) is 2. The van der Waals surface area contributed by atoms with Crippen LogP contribution in [-0.4, -0.2) is 135 Å². The molecule has 0 saturated carbocycles. The third-order valence-electron chi connectivity index (χ3n) is 15.3. The molecule has 1 aliphatic heterocycles. The molecule has 27 nitrogen and oxygen atoms in total. The van der Waals surface area contributed by atoms with Crippen molar-refractivity contribution >= 4 is 70.9 Å². The maximum absolute atomic E-state index is 14.8. The number of esters is 1. The Hall–Kier alpha value is -8.69. The highest BCUT2D eigenvalue weighted by molar-refractivity contribution is 7.47. The Kier molecular flexibility index (Phi) is 26.7. The van der Waals surface area contributed by atoms with E-state index in [1.807, 2.05) is 85.2 Å². The summed E-state index contributed by atoms with van der Waals surface area (Å²) in [6, 6.07) is 29.7. The Labute approximate surface area is 545 Å². The number of carbonyl (C=O) groups is 5. The first-order valence-corrected chi connectivity index (χ1v) is 32.8. The van der Waals surface area contributed by atoms with Crippen molar-refractivity contribution in [2.45, 2.75) is 148 Å². The summed E-state index contributed by atoms with van der Waals surface area (Å²) in [5.41, 5.74) is 14.1. The molecule has 2 heterocycles. The van der Waals surface area contributed by atoms with Crippen molar-refractivity contribution in [1.29, 1.82) is 0 Å². The van der Waals surface area contributed by atoms with Crippen LogP contribution in [0.15, 0.2) is 125 Å². The number of fused-ring (bicyclic) bond motifs is 2. The van der Waals surface area contributed by atoms with Gasteiger partial charge < -0.3 is 71.5 Å². The van der Waals surface area contributed by atoms with Crippen LogP contribution < -0.4 is 53.4 Å². The summed E-state index contributed by atoms with van der Waals surface area (Å²) >= 11 is 0. The van der Waals surface area contributed by atoms with Gasteiger partial charge in [-0.3, -0.25) is 28.5 Å². The molecule has 5 aromatic carbocycles. The molecule has 0 aliphatic carbocycles. The van der Waals surface area contributed by atoms with Crippen molar-refractivity contribution in [3.8, 4) is 22.6 Å². The summed E-state index contributed by atoms with van der Waals surface area (Å²) < 4.78 is 53.2. The molecule has 1 aromatic heterocycles. The molecule has 5 unspecified atom stereocenters. The Balaban J connectivity index is 1.09. The first kappa shape index (κ1) is 72.7. The summed E-state index contributed by atoms with van der Waals surface area (Å²) in [4.78, 5) is 101. The SMILES string of the molecule is CCC(C)C(NC(=O)C(CCCN=C(N)NOP(=O)(O)OC[C@H]1O[C@@H](n2ccc(N)nc2=O)[C@H](O)[C@@H]1O)NC(=O)C(CCCCNC(=O)OC(C)(C)C)NC(=O)COc1ccc2ccccc2c1-c1c(OCCC(C)C)ccc2ccccc12)C(=O)OCc1ccccc1. The molecule has 28 heteroatoms. The van der Waals surface area contributed by atoms with Crippen molar-refractivity contribution in [3.05, 3.63) is 131 Å². The minimum atomic E-state index is -5.04. The largest absolute Gasteiger partial charge is 0.493 e. The van der Waals surface area contributed by atoms with Crippen LogP contribution in [0, 0.1) is 11.8 Å². The predicted molar refractivity (Wildman–Crippen MR) is 351 cm³/mol. The number of hydrogen-bond donors (Lipinski definition) is 10. The maximum Gasteiger partial charge on any atom is 0.493 e. The van der Waals surface area contributed by atoms with Crippen LogP contribution in [0.4, 0.5) is 10.6 Å². The standard InChI is InChI=1S/C66H87N10O17P/c1-8-41(4)56(62(82)89-37-42-19-10-9-11-20-42)74-60(81)48(26-18-34-69-63(68)75-93-94(85,86)90-38-51-57(78)58(79)61(91-51)76-35-31-52(67)73-64(76)83)72-59(80)47(25-16-17-33-70-65(84)92-66(5,6)7)71-53(77)39-88-50-30-28-44-22-13-15-24-46(44)55(50)54-45-23-14-12-21-43(45)27-29-49(54)87-36-32-40(2)3/h9-15,19-24,27-31,35,40-41,47-48,51,56-58,61,78-79H,8,16-18,25-26,32-34,36-39H2,1-7H3,(H,70,84)(H,71,77)(H,72,80)(H,74,81)(H,85,86)(H2,67,73,83)(H3,68,69,75)/t41?,47?,48?,51-,56?,57-,58-,61-/m1/s1. The second-order valence-electron chi connectivity index (χ2n) is 24.2. The number of amides is 4. The fraction of sp³-hybridized carbons (Fsp3) is 0.455. The monoisotopic (exact) mass is 1320 g/mol. The number of rotatable bonds is 33. The molecule has 0 spiro atoms. The fourth-order valence-corrected chi connectivity index (χ4v) is 10.7. The van der Waals surface area contributed by atoms with E-state index in [2.05, 4.69) is 45.1 Å². The van der Waals surface area contributed by atoms with Crippen LogP contribution in [0.3, 0.4) is 0 Å². The normalized spacial score (nSPS) is 17.7. The van der Waals surface area contributed by atoms with Gasteiger partial charge in [0.2, 0.25) is 17.8 Å². The number of hydrogen-bond acceptors (Lipinski definition) is 19. The van der Waals surface area contributed by atoms with Gasteiger partial charge in [-0.15, -0.1) is 0 Å². The molecule has 1 saturated heterocycles. The van der Waals surface area contributed by atoms with E-state index in [0.29, 0.717) is 48.0 Å². The number of phosphoric acid groups is 1. The summed E-state index contributed by atoms with van der Waals surface area (Å²) in [5.74, 6) is -2.65. The van der Waals surface area contributed by atoms with Crippen molar-refractivity contribution < 1.29 is 76.5 Å². The number of alkyl carbamates (subject to hydrolysis) is 1. The van der Waals surface area contributed by atoms with Gasteiger partial charge >= 0.3 is 25.6 Å². The molecule has 4 amide bonds. The van der Waals surface area contributed by atoms with Gasteiger partial charge in [-0.1, -0.05) is 125 Å². The van der Waals surface area contributed by atoms with Gasteiger partial charge in [0.25, 0.3) is 5.91 Å². The maximum atomic E-state index is 14.8. The van der Waals surface area contributed by atoms with E-state index in [1.165, 1.54) is 12.3 Å². The lowest BCUT2D eigenvalue weighted by molar-refractivity contribution is -0.151. The molecule has 12 N–H and O–H groups in total. The lowest BCUT2D eigenvalue weighted by Crippen LogP contribution is -2.57. The molecule has 6 aromatic rings. The molecular weight excluding hydrogens is 1240 g/mol. The zero-order chi connectivity index (χ0) is 68.1. The van der Waals surface area contributed by atoms with E-state index >= 15 is 0 Å². The van der Waals surface area contributed by atoms with Crippen LogP contribution in [0.2, 0.25) is 0 Å². The number of aliphatic hydroxyl groups excluding tert-OH is 2. The number of hydroxylamine groups is 1. The van der Waals surface area contributed by atoms with E-state index in [4.69, 9.17) is 44.3 Å². The fourth-order valence-electron chi connectivity index (χ4n) is 10.1. The molecule has 508 valence electrons. The van der Waals surface area contributed by atoms with Crippen LogP contribution >= 0.6 is 7.82 Å². The van der Waals surface area contributed by atoms with E-state index in [0.717, 1.165) is 38.1 Å². The number of aliphatic hydroxyl groups is 2. The molecular formula is C66H87N10O17P. The number of aliphatic imine (C=N–C) groups is 1. The molecule has 94 heavy (non-hydrogen) atoms. The first-order valence-electron chi connectivity index (χ1n) is 31.3. The van der Waals surface area contributed by atoms with Gasteiger partial charge in [0.1, 0.15) is 66.0 Å². The van der Waals surface area contributed by atoms with Crippen molar-refractivity contribution in [3.63, 3.8) is 0 Å². The molecule has 0 radical (unpaired) electrons. The van der Waals surface area contributed by atoms with Crippen molar-refractivity contribution in [2.24, 2.45) is 22.6 Å². The van der Waals surface area contributed by atoms with Crippen LogP contribution in [0.5, 0.6) is 11.5 Å². The summed E-state index contributed by atoms with van der Waals surface area (Å²) in [6.45, 7) is 12.0. The van der Waals surface area contributed by atoms with E-state index in [-0.39, 0.29) is 51.2 Å². The number of nitrogens with one attached hydrogen (secondary N) is 5. The summed E-state index contributed by atoms with van der Waals surface area (Å²) in [5, 5.41) is 35.9. The predicted octanol–water partition coefficient (Wildman–Crippen LogP) is 6.59. The minimum absolute atomic E-state index is 0.00394. The van der Waals surface area contributed by atoms with Crippen molar-refractivity contribution in [2.75, 3.05) is 38.6 Å². The molecule has 1 aliphatic rings. The van der Waals surface area contributed by atoms with Gasteiger partial charge in [-0.05, 0) is 116 Å². The second-order valence-corrected chi connectivity index (χ2v) is 25.5. The Morgan fingerprint density at radius 3 is 2.03 bits per heavy atom. The number of ether oxygens (including phenoxy) is 5. The minimum Gasteiger partial charge on any atom is -0.493 e. The number of nitrogens with zero attached hydrogens (tertiary/aromatic N) is 3. The summed E-state index contributed by atoms with van der Waals surface area (Å²) in [6.07, 6.45) is -3.93. The lowest BCUT2D eigenvalue weighted by atomic mass is 9.92. The molecule has 1 fully saturated rings. The molecule has 0 bridgehead atoms. The zero-order valence-electron chi connectivity index (χ0n) is 53.9. The highest BCUT2D eigenvalue weighted by atomic mass is 31.2. The number of anilines is 1. The number of carbonyl (C=O) groups excluding carboxylic acids is 5. The smallest absolute Gasteiger partial charge is 0.493 e. The third kappa shape index (κ3) is 21.4. The second kappa shape index (κ2) is 34.5. The Morgan fingerprint density at radius 1 is 0.777 bits per heavy atom. The zero-order valence-corrected chi connectivity index (χ0v) is 54.8. The van der Waals surface area contributed by atoms with Gasteiger partial charge in [0.15, 0.2) is 12.8 Å². The number of guanidine groups is 1.